The van der Waals surface area contributed by atoms with Gasteiger partial charge in [-0.3, -0.25) is 4.79 Å². The molecule has 6 nitrogen and oxygen atoms in total. The van der Waals surface area contributed by atoms with E-state index in [-0.39, 0.29) is 34.3 Å². The van der Waals surface area contributed by atoms with Crippen LogP contribution in [0, 0.1) is 28.0 Å². The van der Waals surface area contributed by atoms with E-state index >= 15 is 0 Å². The van der Waals surface area contributed by atoms with Crippen LogP contribution in [0.25, 0.3) is 0 Å². The summed E-state index contributed by atoms with van der Waals surface area (Å²) in [5.41, 5.74) is 0.443. The van der Waals surface area contributed by atoms with Gasteiger partial charge in [-0.1, -0.05) is 18.2 Å². The van der Waals surface area contributed by atoms with Crippen molar-refractivity contribution in [2.24, 2.45) is 10.8 Å². The molecule has 1 aromatic heterocycles. The predicted octanol–water partition coefficient (Wildman–Crippen LogP) is 3.26. The zero-order chi connectivity index (χ0) is 19.9. The zero-order valence-electron chi connectivity index (χ0n) is 15.9. The molecule has 3 aliphatic carbocycles. The fourth-order valence-corrected chi connectivity index (χ4v) is 4.63. The number of amides is 1. The number of nitrogens with zero attached hydrogens (tertiary/aromatic N) is 4. The van der Waals surface area contributed by atoms with E-state index in [0.29, 0.717) is 18.1 Å². The van der Waals surface area contributed by atoms with Crippen LogP contribution in [-0.2, 0) is 4.79 Å². The van der Waals surface area contributed by atoms with Crippen molar-refractivity contribution < 1.29 is 13.9 Å². The van der Waals surface area contributed by atoms with Crippen LogP contribution in [0.3, 0.4) is 0 Å². The minimum absolute atomic E-state index is 0.00726. The topological polar surface area (TPSA) is 79.1 Å². The third kappa shape index (κ3) is 2.89. The van der Waals surface area contributed by atoms with E-state index in [4.69, 9.17) is 10.00 Å². The summed E-state index contributed by atoms with van der Waals surface area (Å²) in [6.07, 6.45) is 5.14. The highest BCUT2D eigenvalue weighted by Gasteiger charge is 2.72. The fraction of sp³-hybridized carbons (Fsp3) is 0.429. The van der Waals surface area contributed by atoms with Gasteiger partial charge in [0.25, 0.3) is 0 Å². The molecule has 0 N–H and O–H groups in total. The maximum Gasteiger partial charge on any atom is 0.232 e. The smallest absolute Gasteiger partial charge is 0.232 e. The molecule has 3 saturated carbocycles. The predicted molar refractivity (Wildman–Crippen MR) is 98.5 cm³/mol. The number of halogens is 1. The van der Waals surface area contributed by atoms with E-state index in [1.54, 1.807) is 30.1 Å². The van der Waals surface area contributed by atoms with Crippen molar-refractivity contribution in [2.75, 3.05) is 13.7 Å². The van der Waals surface area contributed by atoms with Gasteiger partial charge in [0.05, 0.1) is 30.5 Å². The first kappa shape index (κ1) is 18.4. The molecule has 0 radical (unpaired) electrons. The fourth-order valence-electron chi connectivity index (χ4n) is 4.63. The summed E-state index contributed by atoms with van der Waals surface area (Å²) in [4.78, 5) is 22.7. The van der Waals surface area contributed by atoms with E-state index in [0.717, 1.165) is 19.3 Å². The van der Waals surface area contributed by atoms with Gasteiger partial charge in [0.15, 0.2) is 5.69 Å². The minimum Gasteiger partial charge on any atom is -0.476 e. The molecule has 3 fully saturated rings. The van der Waals surface area contributed by atoms with Crippen molar-refractivity contribution in [2.45, 2.75) is 32.2 Å². The van der Waals surface area contributed by atoms with Gasteiger partial charge < -0.3 is 9.64 Å². The van der Waals surface area contributed by atoms with Crippen LogP contribution in [-0.4, -0.2) is 34.4 Å². The molecule has 1 amide bonds. The zero-order valence-corrected chi connectivity index (χ0v) is 15.9. The monoisotopic (exact) mass is 380 g/mol. The molecule has 28 heavy (non-hydrogen) atoms. The lowest BCUT2D eigenvalue weighted by Gasteiger charge is -2.69. The third-order valence-corrected chi connectivity index (χ3v) is 6.12. The van der Waals surface area contributed by atoms with Gasteiger partial charge in [-0.2, -0.15) is 5.26 Å². The number of hydrogen-bond acceptors (Lipinski definition) is 5. The molecule has 2 bridgehead atoms. The first-order chi connectivity index (χ1) is 13.4. The van der Waals surface area contributed by atoms with Crippen molar-refractivity contribution >= 4 is 5.91 Å². The minimum atomic E-state index is -0.339. The van der Waals surface area contributed by atoms with Gasteiger partial charge >= 0.3 is 0 Å². The lowest BCUT2D eigenvalue weighted by atomic mass is 9.35. The second-order valence-corrected chi connectivity index (χ2v) is 8.06. The van der Waals surface area contributed by atoms with Crippen LogP contribution in [0.4, 0.5) is 4.39 Å². The van der Waals surface area contributed by atoms with Crippen molar-refractivity contribution in [3.63, 3.8) is 0 Å². The van der Waals surface area contributed by atoms with Crippen LogP contribution in [0.2, 0.25) is 0 Å². The summed E-state index contributed by atoms with van der Waals surface area (Å²) in [6, 6.07) is 8.17. The second-order valence-electron chi connectivity index (χ2n) is 8.06. The van der Waals surface area contributed by atoms with Gasteiger partial charge in [0.1, 0.15) is 11.9 Å². The Morgan fingerprint density at radius 1 is 1.32 bits per heavy atom. The van der Waals surface area contributed by atoms with Gasteiger partial charge in [0.2, 0.25) is 11.8 Å². The molecule has 0 unspecified atom stereocenters. The van der Waals surface area contributed by atoms with Crippen LogP contribution >= 0.6 is 0 Å². The van der Waals surface area contributed by atoms with Gasteiger partial charge in [-0.25, -0.2) is 14.4 Å². The first-order valence-corrected chi connectivity index (χ1v) is 9.25. The molecule has 7 heteroatoms. The average molecular weight is 380 g/mol. The number of aromatic nitrogens is 2. The Labute approximate surface area is 163 Å². The molecule has 0 saturated heterocycles. The van der Waals surface area contributed by atoms with E-state index in [1.165, 1.54) is 18.5 Å². The molecule has 2 aromatic rings. The highest BCUT2D eigenvalue weighted by Crippen LogP contribution is 2.73. The van der Waals surface area contributed by atoms with Gasteiger partial charge in [0, 0.05) is 18.0 Å². The highest BCUT2D eigenvalue weighted by molar-refractivity contribution is 5.86. The SMILES string of the molecule is C[C@@H](c1ccccc1F)N(C)C(=O)C12CC(COc3cnc(C#N)cn3)(C1)C2. The van der Waals surface area contributed by atoms with Crippen molar-refractivity contribution in [3.05, 3.63) is 53.7 Å². The lowest BCUT2D eigenvalue weighted by molar-refractivity contribution is -0.226. The standard InChI is InChI=1S/C21H21FN4O2/c1-14(16-5-3-4-6-17(16)22)26(2)19(27)21-10-20(11-21,12-21)13-28-18-9-24-15(7-23)8-25-18/h3-6,8-9,14H,10-13H2,1-2H3/t14-,20?,21?/m0/s1. The number of ether oxygens (including phenoxy) is 1. The quantitative estimate of drug-likeness (QED) is 0.769. The third-order valence-electron chi connectivity index (χ3n) is 6.12. The maximum atomic E-state index is 14.1. The van der Waals surface area contributed by atoms with E-state index in [9.17, 15) is 9.18 Å². The molecule has 0 spiro atoms. The Morgan fingerprint density at radius 2 is 2.04 bits per heavy atom. The lowest BCUT2D eigenvalue weighted by Crippen LogP contribution is -2.69. The number of nitriles is 1. The Morgan fingerprint density at radius 3 is 2.64 bits per heavy atom. The first-order valence-electron chi connectivity index (χ1n) is 9.25. The summed E-state index contributed by atoms with van der Waals surface area (Å²) in [7, 11) is 1.75. The van der Waals surface area contributed by atoms with Crippen molar-refractivity contribution in [1.82, 2.24) is 14.9 Å². The van der Waals surface area contributed by atoms with Crippen LogP contribution in [0.5, 0.6) is 5.88 Å². The summed E-state index contributed by atoms with van der Waals surface area (Å²) in [5.74, 6) is 0.165. The maximum absolute atomic E-state index is 14.1. The van der Waals surface area contributed by atoms with E-state index in [2.05, 4.69) is 9.97 Å². The number of rotatable bonds is 6. The van der Waals surface area contributed by atoms with E-state index in [1.807, 2.05) is 13.0 Å². The number of carbonyl (C=O) groups excluding carboxylic acids is 1. The molecule has 1 atom stereocenters. The number of benzene rings is 1. The molecular formula is C21H21FN4O2. The van der Waals surface area contributed by atoms with Crippen molar-refractivity contribution in [1.29, 1.82) is 5.26 Å². The van der Waals surface area contributed by atoms with Crippen LogP contribution in [0.15, 0.2) is 36.7 Å². The van der Waals surface area contributed by atoms with Crippen molar-refractivity contribution in [3.8, 4) is 11.9 Å². The summed E-state index contributed by atoms with van der Waals surface area (Å²) in [5, 5.41) is 8.74. The highest BCUT2D eigenvalue weighted by atomic mass is 19.1. The Kier molecular flexibility index (Phi) is 4.30. The molecule has 3 aliphatic rings. The molecule has 144 valence electrons. The summed E-state index contributed by atoms with van der Waals surface area (Å²) in [6.45, 7) is 2.33. The van der Waals surface area contributed by atoms with Crippen LogP contribution < -0.4 is 4.74 Å². The van der Waals surface area contributed by atoms with Gasteiger partial charge in [-0.15, -0.1) is 0 Å². The van der Waals surface area contributed by atoms with Crippen LogP contribution in [0.1, 0.15) is 43.5 Å². The molecule has 5 rings (SSSR count). The number of hydrogen-bond donors (Lipinski definition) is 0. The molecule has 0 aliphatic heterocycles. The summed E-state index contributed by atoms with van der Waals surface area (Å²) >= 11 is 0. The molecular weight excluding hydrogens is 359 g/mol. The second kappa shape index (κ2) is 6.55. The Balaban J connectivity index is 1.33. The van der Waals surface area contributed by atoms with Gasteiger partial charge in [-0.05, 0) is 32.3 Å². The summed E-state index contributed by atoms with van der Waals surface area (Å²) < 4.78 is 19.8. The average Bonchev–Trinajstić information content (AvgIpc) is 2.65. The Hall–Kier alpha value is -3.01. The van der Waals surface area contributed by atoms with E-state index < -0.39 is 0 Å². The molecule has 1 heterocycles. The Bertz CT molecular complexity index is 934. The number of carbonyl (C=O) groups is 1. The molecule has 1 aromatic carbocycles. The normalized spacial score (nSPS) is 25.6. The largest absolute Gasteiger partial charge is 0.476 e.